The van der Waals surface area contributed by atoms with E-state index in [0.29, 0.717) is 18.9 Å². The number of nitrogens with two attached hydrogens (primary N) is 1. The summed E-state index contributed by atoms with van der Waals surface area (Å²) >= 11 is 0. The Morgan fingerprint density at radius 3 is 2.91 bits per heavy atom. The van der Waals surface area contributed by atoms with Crippen LogP contribution < -0.4 is 11.1 Å². The molecule has 23 heavy (non-hydrogen) atoms. The summed E-state index contributed by atoms with van der Waals surface area (Å²) in [5.74, 6) is 0.757. The van der Waals surface area contributed by atoms with Gasteiger partial charge in [0.05, 0.1) is 6.04 Å². The van der Waals surface area contributed by atoms with Gasteiger partial charge in [0.15, 0.2) is 5.82 Å². The Hall–Kier alpha value is -2.25. The first-order chi connectivity index (χ1) is 11.1. The van der Waals surface area contributed by atoms with Gasteiger partial charge in [0.1, 0.15) is 6.33 Å². The molecule has 7 nitrogen and oxygen atoms in total. The van der Waals surface area contributed by atoms with Crippen molar-refractivity contribution in [1.82, 2.24) is 14.8 Å². The van der Waals surface area contributed by atoms with Crippen LogP contribution in [0.15, 0.2) is 30.6 Å². The number of benzene rings is 1. The second-order valence-corrected chi connectivity index (χ2v) is 5.81. The number of aromatic nitrogens is 3. The predicted octanol–water partition coefficient (Wildman–Crippen LogP) is 1.17. The molecule has 1 aromatic heterocycles. The second-order valence-electron chi connectivity index (χ2n) is 5.81. The van der Waals surface area contributed by atoms with Crippen molar-refractivity contribution in [2.45, 2.75) is 18.9 Å². The van der Waals surface area contributed by atoms with Crippen LogP contribution in [0, 0.1) is 5.92 Å². The van der Waals surface area contributed by atoms with Crippen LogP contribution in [0.2, 0.25) is 0 Å². The fourth-order valence-electron chi connectivity index (χ4n) is 2.80. The molecule has 1 fully saturated rings. The average Bonchev–Trinajstić information content (AvgIpc) is 3.01. The molecule has 1 aliphatic rings. The molecular weight excluding hydrogens is 294 g/mol. The third-order valence-electron chi connectivity index (χ3n) is 4.18. The number of carbonyl (C=O) groups is 1. The smallest absolute Gasteiger partial charge is 0.241 e. The summed E-state index contributed by atoms with van der Waals surface area (Å²) < 4.78 is 7.14. The molecule has 1 aliphatic heterocycles. The third kappa shape index (κ3) is 3.57. The van der Waals surface area contributed by atoms with Gasteiger partial charge in [-0.25, -0.2) is 0 Å². The number of carbonyl (C=O) groups excluding carboxylic acids is 1. The maximum Gasteiger partial charge on any atom is 0.241 e. The van der Waals surface area contributed by atoms with Crippen molar-refractivity contribution in [1.29, 1.82) is 0 Å². The van der Waals surface area contributed by atoms with E-state index >= 15 is 0 Å². The number of nitrogens with one attached hydrogen (secondary N) is 1. The third-order valence-corrected chi connectivity index (χ3v) is 4.18. The highest BCUT2D eigenvalue weighted by Crippen LogP contribution is 2.22. The summed E-state index contributed by atoms with van der Waals surface area (Å²) in [4.78, 5) is 12.4. The Morgan fingerprint density at radius 2 is 2.22 bits per heavy atom. The van der Waals surface area contributed by atoms with Crippen molar-refractivity contribution >= 4 is 11.6 Å². The van der Waals surface area contributed by atoms with E-state index in [-0.39, 0.29) is 11.8 Å². The lowest BCUT2D eigenvalue weighted by atomic mass is 9.92. The monoisotopic (exact) mass is 315 g/mol. The number of anilines is 1. The van der Waals surface area contributed by atoms with E-state index in [1.165, 1.54) is 0 Å². The van der Waals surface area contributed by atoms with Crippen LogP contribution >= 0.6 is 0 Å². The lowest BCUT2D eigenvalue weighted by molar-refractivity contribution is -0.119. The average molecular weight is 315 g/mol. The Kier molecular flexibility index (Phi) is 4.68. The first-order valence-electron chi connectivity index (χ1n) is 7.74. The summed E-state index contributed by atoms with van der Waals surface area (Å²) in [6.45, 7) is 1.35. The Morgan fingerprint density at radius 1 is 1.43 bits per heavy atom. The summed E-state index contributed by atoms with van der Waals surface area (Å²) in [6.07, 6.45) is 3.29. The van der Waals surface area contributed by atoms with Gasteiger partial charge < -0.3 is 20.4 Å². The number of hydrogen-bond donors (Lipinski definition) is 2. The van der Waals surface area contributed by atoms with Gasteiger partial charge in [0.2, 0.25) is 5.91 Å². The molecule has 1 saturated heterocycles. The molecular formula is C16H21N5O2. The van der Waals surface area contributed by atoms with E-state index < -0.39 is 6.04 Å². The van der Waals surface area contributed by atoms with Gasteiger partial charge in [-0.2, -0.15) is 0 Å². The largest absolute Gasteiger partial charge is 0.381 e. The van der Waals surface area contributed by atoms with Crippen LogP contribution in [-0.4, -0.2) is 39.9 Å². The summed E-state index contributed by atoms with van der Waals surface area (Å²) in [5, 5.41) is 10.8. The fraction of sp³-hybridized carbons (Fsp3) is 0.438. The zero-order chi connectivity index (χ0) is 16.2. The van der Waals surface area contributed by atoms with Gasteiger partial charge in [0, 0.05) is 31.5 Å². The minimum Gasteiger partial charge on any atom is -0.381 e. The Bertz CT molecular complexity index is 679. The molecule has 1 atom stereocenters. The van der Waals surface area contributed by atoms with Crippen molar-refractivity contribution in [3.8, 4) is 11.4 Å². The zero-order valence-corrected chi connectivity index (χ0v) is 13.1. The topological polar surface area (TPSA) is 95.1 Å². The molecule has 0 aliphatic carbocycles. The quantitative estimate of drug-likeness (QED) is 0.883. The minimum absolute atomic E-state index is 0.160. The van der Waals surface area contributed by atoms with E-state index in [0.717, 1.165) is 24.2 Å². The van der Waals surface area contributed by atoms with Gasteiger partial charge in [0.25, 0.3) is 0 Å². The fourth-order valence-corrected chi connectivity index (χ4v) is 2.80. The van der Waals surface area contributed by atoms with Gasteiger partial charge in [-0.15, -0.1) is 10.2 Å². The number of rotatable bonds is 4. The number of amides is 1. The molecule has 3 rings (SSSR count). The number of ether oxygens (including phenoxy) is 1. The van der Waals surface area contributed by atoms with Crippen LogP contribution in [0.25, 0.3) is 11.4 Å². The van der Waals surface area contributed by atoms with Crippen LogP contribution in [0.4, 0.5) is 5.69 Å². The highest BCUT2D eigenvalue weighted by Gasteiger charge is 2.26. The summed E-state index contributed by atoms with van der Waals surface area (Å²) in [5.41, 5.74) is 7.70. The van der Waals surface area contributed by atoms with Gasteiger partial charge in [-0.05, 0) is 30.9 Å². The Labute approximate surface area is 134 Å². The maximum absolute atomic E-state index is 12.4. The second kappa shape index (κ2) is 6.89. The van der Waals surface area contributed by atoms with Crippen molar-refractivity contribution < 1.29 is 9.53 Å². The molecule has 122 valence electrons. The highest BCUT2D eigenvalue weighted by molar-refractivity contribution is 5.95. The normalized spacial score (nSPS) is 17.0. The van der Waals surface area contributed by atoms with Gasteiger partial charge >= 0.3 is 0 Å². The lowest BCUT2D eigenvalue weighted by Gasteiger charge is -2.26. The molecule has 2 aromatic rings. The lowest BCUT2D eigenvalue weighted by Crippen LogP contribution is -2.44. The predicted molar refractivity (Wildman–Crippen MR) is 86.6 cm³/mol. The van der Waals surface area contributed by atoms with Crippen LogP contribution in [-0.2, 0) is 16.6 Å². The zero-order valence-electron chi connectivity index (χ0n) is 13.1. The number of aryl methyl sites for hydroxylation is 1. The van der Waals surface area contributed by atoms with Gasteiger partial charge in [-0.1, -0.05) is 12.1 Å². The van der Waals surface area contributed by atoms with Crippen LogP contribution in [0.1, 0.15) is 12.8 Å². The maximum atomic E-state index is 12.4. The van der Waals surface area contributed by atoms with Crippen molar-refractivity contribution in [3.05, 3.63) is 30.6 Å². The molecule has 3 N–H and O–H groups in total. The van der Waals surface area contributed by atoms with E-state index in [2.05, 4.69) is 15.5 Å². The number of nitrogens with zero attached hydrogens (tertiary/aromatic N) is 3. The van der Waals surface area contributed by atoms with Crippen LogP contribution in [0.3, 0.4) is 0 Å². The van der Waals surface area contributed by atoms with E-state index in [1.54, 1.807) is 6.33 Å². The van der Waals surface area contributed by atoms with Gasteiger partial charge in [-0.3, -0.25) is 4.79 Å². The molecule has 1 aromatic carbocycles. The molecule has 0 radical (unpaired) electrons. The summed E-state index contributed by atoms with van der Waals surface area (Å²) in [7, 11) is 1.88. The highest BCUT2D eigenvalue weighted by atomic mass is 16.5. The number of hydrogen-bond acceptors (Lipinski definition) is 5. The Balaban J connectivity index is 1.70. The SMILES string of the molecule is Cn1cnnc1-c1cccc(NC(=O)C(N)C2CCOCC2)c1. The summed E-state index contributed by atoms with van der Waals surface area (Å²) in [6, 6.07) is 7.00. The molecule has 7 heteroatoms. The van der Waals surface area contributed by atoms with Crippen LogP contribution in [0.5, 0.6) is 0 Å². The molecule has 0 spiro atoms. The molecule has 1 unspecified atom stereocenters. The molecule has 0 bridgehead atoms. The standard InChI is InChI=1S/C16H21N5O2/c1-21-10-18-20-15(21)12-3-2-4-13(9-12)19-16(22)14(17)11-5-7-23-8-6-11/h2-4,9-11,14H,5-8,17H2,1H3,(H,19,22). The first kappa shape index (κ1) is 15.6. The molecule has 0 saturated carbocycles. The van der Waals surface area contributed by atoms with E-state index in [9.17, 15) is 4.79 Å². The molecule has 1 amide bonds. The van der Waals surface area contributed by atoms with E-state index in [1.807, 2.05) is 35.9 Å². The van der Waals surface area contributed by atoms with Crippen molar-refractivity contribution in [2.24, 2.45) is 18.7 Å². The van der Waals surface area contributed by atoms with Crippen molar-refractivity contribution in [3.63, 3.8) is 0 Å². The first-order valence-corrected chi connectivity index (χ1v) is 7.74. The minimum atomic E-state index is -0.516. The van der Waals surface area contributed by atoms with Crippen molar-refractivity contribution in [2.75, 3.05) is 18.5 Å². The van der Waals surface area contributed by atoms with E-state index in [4.69, 9.17) is 10.5 Å². The molecule has 2 heterocycles.